The molecule has 0 aliphatic heterocycles. The summed E-state index contributed by atoms with van der Waals surface area (Å²) in [6.07, 6.45) is 2.39. The van der Waals surface area contributed by atoms with Crippen molar-refractivity contribution < 1.29 is 5.11 Å². The first kappa shape index (κ1) is 11.5. The zero-order valence-corrected chi connectivity index (χ0v) is 10.3. The van der Waals surface area contributed by atoms with Crippen LogP contribution in [0.1, 0.15) is 5.56 Å². The predicted octanol–water partition coefficient (Wildman–Crippen LogP) is 3.06. The van der Waals surface area contributed by atoms with Crippen molar-refractivity contribution in [3.8, 4) is 16.9 Å². The minimum atomic E-state index is 0.276. The number of fused-ring (bicyclic) bond motifs is 1. The lowest BCUT2D eigenvalue weighted by atomic mass is 9.96. The van der Waals surface area contributed by atoms with E-state index in [0.29, 0.717) is 6.42 Å². The van der Waals surface area contributed by atoms with Crippen LogP contribution in [-0.2, 0) is 6.42 Å². The van der Waals surface area contributed by atoms with Gasteiger partial charge in [-0.3, -0.25) is 0 Å². The number of allylic oxidation sites excluding steroid dienone is 1. The van der Waals surface area contributed by atoms with Gasteiger partial charge in [0.25, 0.3) is 0 Å². The standard InChI is InChI=1S/C15H13N3O/c1-2-5-11-10(6-4-9-14(11)19)12-7-3-8-13-15(12)17-18-16-13/h2-4,6-9,19H,1,5H2,(H,16,17,18). The van der Waals surface area contributed by atoms with Crippen LogP contribution in [0.2, 0.25) is 0 Å². The number of nitrogens with one attached hydrogen (secondary N) is 1. The molecule has 0 aliphatic rings. The van der Waals surface area contributed by atoms with Crippen LogP contribution in [0.25, 0.3) is 22.2 Å². The van der Waals surface area contributed by atoms with Crippen molar-refractivity contribution in [2.24, 2.45) is 0 Å². The Balaban J connectivity index is 2.29. The number of phenols is 1. The number of H-pyrrole nitrogens is 1. The Bertz CT molecular complexity index is 746. The van der Waals surface area contributed by atoms with Gasteiger partial charge in [0, 0.05) is 11.1 Å². The van der Waals surface area contributed by atoms with Gasteiger partial charge in [-0.15, -0.1) is 6.58 Å². The predicted molar refractivity (Wildman–Crippen MR) is 74.9 cm³/mol. The third kappa shape index (κ3) is 1.87. The number of aromatic amines is 1. The highest BCUT2D eigenvalue weighted by atomic mass is 16.3. The lowest BCUT2D eigenvalue weighted by Gasteiger charge is -2.10. The minimum Gasteiger partial charge on any atom is -0.508 e. The fourth-order valence-corrected chi connectivity index (χ4v) is 2.27. The molecule has 0 unspecified atom stereocenters. The molecule has 1 heterocycles. The molecule has 0 aliphatic carbocycles. The average molecular weight is 251 g/mol. The Morgan fingerprint density at radius 2 is 1.89 bits per heavy atom. The van der Waals surface area contributed by atoms with Crippen molar-refractivity contribution >= 4 is 11.0 Å². The first-order valence-corrected chi connectivity index (χ1v) is 6.03. The Labute approximate surface area is 110 Å². The van der Waals surface area contributed by atoms with Gasteiger partial charge in [-0.1, -0.05) is 30.3 Å². The van der Waals surface area contributed by atoms with E-state index in [1.54, 1.807) is 12.1 Å². The normalized spacial score (nSPS) is 10.7. The van der Waals surface area contributed by atoms with Crippen LogP contribution in [0.15, 0.2) is 49.1 Å². The fourth-order valence-electron chi connectivity index (χ4n) is 2.27. The molecule has 3 rings (SSSR count). The molecule has 0 saturated heterocycles. The van der Waals surface area contributed by atoms with Crippen molar-refractivity contribution in [2.45, 2.75) is 6.42 Å². The smallest absolute Gasteiger partial charge is 0.120 e. The molecule has 2 N–H and O–H groups in total. The van der Waals surface area contributed by atoms with Crippen molar-refractivity contribution in [3.63, 3.8) is 0 Å². The van der Waals surface area contributed by atoms with E-state index >= 15 is 0 Å². The summed E-state index contributed by atoms with van der Waals surface area (Å²) in [6, 6.07) is 11.3. The maximum Gasteiger partial charge on any atom is 0.120 e. The third-order valence-corrected chi connectivity index (χ3v) is 3.14. The van der Waals surface area contributed by atoms with Gasteiger partial charge in [-0.25, -0.2) is 0 Å². The van der Waals surface area contributed by atoms with E-state index < -0.39 is 0 Å². The number of para-hydroxylation sites is 1. The summed E-state index contributed by atoms with van der Waals surface area (Å²) in [5, 5.41) is 20.9. The van der Waals surface area contributed by atoms with Gasteiger partial charge < -0.3 is 5.11 Å². The summed E-state index contributed by atoms with van der Waals surface area (Å²) >= 11 is 0. The molecule has 19 heavy (non-hydrogen) atoms. The summed E-state index contributed by atoms with van der Waals surface area (Å²) in [5.41, 5.74) is 4.38. The number of benzene rings is 2. The molecule has 2 aromatic carbocycles. The van der Waals surface area contributed by atoms with Crippen LogP contribution in [-0.4, -0.2) is 20.5 Å². The maximum atomic E-state index is 10.0. The number of hydrogen-bond donors (Lipinski definition) is 2. The van der Waals surface area contributed by atoms with E-state index in [1.807, 2.05) is 30.3 Å². The zero-order valence-electron chi connectivity index (χ0n) is 10.3. The number of phenolic OH excluding ortho intramolecular Hbond substituents is 1. The first-order valence-electron chi connectivity index (χ1n) is 6.03. The van der Waals surface area contributed by atoms with Crippen molar-refractivity contribution in [1.82, 2.24) is 15.4 Å². The second-order valence-electron chi connectivity index (χ2n) is 4.29. The van der Waals surface area contributed by atoms with Gasteiger partial charge in [-0.2, -0.15) is 15.4 Å². The average Bonchev–Trinajstić information content (AvgIpc) is 2.89. The molecular weight excluding hydrogens is 238 g/mol. The number of hydrogen-bond acceptors (Lipinski definition) is 3. The highest BCUT2D eigenvalue weighted by molar-refractivity contribution is 5.92. The van der Waals surface area contributed by atoms with Gasteiger partial charge in [0.1, 0.15) is 16.8 Å². The van der Waals surface area contributed by atoms with Crippen LogP contribution in [0, 0.1) is 0 Å². The summed E-state index contributed by atoms with van der Waals surface area (Å²) in [7, 11) is 0. The number of rotatable bonds is 3. The molecule has 0 bridgehead atoms. The lowest BCUT2D eigenvalue weighted by molar-refractivity contribution is 0.470. The van der Waals surface area contributed by atoms with E-state index in [1.165, 1.54) is 0 Å². The number of aromatic hydroxyl groups is 1. The van der Waals surface area contributed by atoms with Gasteiger partial charge >= 0.3 is 0 Å². The molecule has 0 atom stereocenters. The van der Waals surface area contributed by atoms with E-state index in [9.17, 15) is 5.11 Å². The highest BCUT2D eigenvalue weighted by Crippen LogP contribution is 2.33. The number of aromatic nitrogens is 3. The maximum absolute atomic E-state index is 10.0. The molecule has 0 amide bonds. The third-order valence-electron chi connectivity index (χ3n) is 3.14. The quantitative estimate of drug-likeness (QED) is 0.703. The zero-order chi connectivity index (χ0) is 13.2. The van der Waals surface area contributed by atoms with E-state index in [0.717, 1.165) is 27.7 Å². The summed E-state index contributed by atoms with van der Waals surface area (Å²) in [5.74, 6) is 0.276. The molecule has 4 nitrogen and oxygen atoms in total. The number of nitrogens with zero attached hydrogens (tertiary/aromatic N) is 2. The van der Waals surface area contributed by atoms with Crippen molar-refractivity contribution in [3.05, 3.63) is 54.6 Å². The van der Waals surface area contributed by atoms with Gasteiger partial charge in [0.05, 0.1) is 0 Å². The van der Waals surface area contributed by atoms with Crippen LogP contribution in [0.4, 0.5) is 0 Å². The first-order chi connectivity index (χ1) is 9.31. The van der Waals surface area contributed by atoms with Gasteiger partial charge in [-0.05, 0) is 24.1 Å². The fraction of sp³-hybridized carbons (Fsp3) is 0.0667. The topological polar surface area (TPSA) is 61.8 Å². The summed E-state index contributed by atoms with van der Waals surface area (Å²) < 4.78 is 0. The second-order valence-corrected chi connectivity index (χ2v) is 4.29. The Hall–Kier alpha value is -2.62. The molecule has 0 fully saturated rings. The largest absolute Gasteiger partial charge is 0.508 e. The molecule has 94 valence electrons. The molecule has 0 radical (unpaired) electrons. The van der Waals surface area contributed by atoms with Crippen LogP contribution >= 0.6 is 0 Å². The lowest BCUT2D eigenvalue weighted by Crippen LogP contribution is -1.90. The monoisotopic (exact) mass is 251 g/mol. The van der Waals surface area contributed by atoms with E-state index in [2.05, 4.69) is 22.0 Å². The van der Waals surface area contributed by atoms with Gasteiger partial charge in [0.2, 0.25) is 0 Å². The van der Waals surface area contributed by atoms with Crippen LogP contribution < -0.4 is 0 Å². The Morgan fingerprint density at radius 1 is 1.11 bits per heavy atom. The molecule has 0 saturated carbocycles. The van der Waals surface area contributed by atoms with E-state index in [-0.39, 0.29) is 5.75 Å². The Kier molecular flexibility index (Phi) is 2.76. The second kappa shape index (κ2) is 4.57. The molecule has 0 spiro atoms. The van der Waals surface area contributed by atoms with Crippen molar-refractivity contribution in [1.29, 1.82) is 0 Å². The SMILES string of the molecule is C=CCc1c(O)cccc1-c1cccc2n[nH]nc12. The van der Waals surface area contributed by atoms with Crippen molar-refractivity contribution in [2.75, 3.05) is 0 Å². The van der Waals surface area contributed by atoms with Crippen LogP contribution in [0.3, 0.4) is 0 Å². The van der Waals surface area contributed by atoms with Crippen LogP contribution in [0.5, 0.6) is 5.75 Å². The summed E-state index contributed by atoms with van der Waals surface area (Å²) in [4.78, 5) is 0. The minimum absolute atomic E-state index is 0.276. The highest BCUT2D eigenvalue weighted by Gasteiger charge is 2.12. The van der Waals surface area contributed by atoms with Gasteiger partial charge in [0.15, 0.2) is 0 Å². The van der Waals surface area contributed by atoms with E-state index in [4.69, 9.17) is 0 Å². The molecule has 3 aromatic rings. The molecular formula is C15H13N3O. The molecule has 4 heteroatoms. The Morgan fingerprint density at radius 3 is 2.74 bits per heavy atom. The summed E-state index contributed by atoms with van der Waals surface area (Å²) in [6.45, 7) is 3.74. The molecule has 1 aromatic heterocycles.